The van der Waals surface area contributed by atoms with Gasteiger partial charge in [-0.25, -0.2) is 4.79 Å². The minimum Gasteiger partial charge on any atom is -0.493 e. The van der Waals surface area contributed by atoms with Crippen LogP contribution in [-0.2, 0) is 20.9 Å². The molecule has 0 saturated carbocycles. The third-order valence-electron chi connectivity index (χ3n) is 6.49. The fourth-order valence-electron chi connectivity index (χ4n) is 4.97. The van der Waals surface area contributed by atoms with Gasteiger partial charge in [0.1, 0.15) is 6.61 Å². The second-order valence-electron chi connectivity index (χ2n) is 9.83. The van der Waals surface area contributed by atoms with Gasteiger partial charge < -0.3 is 19.5 Å². The van der Waals surface area contributed by atoms with Gasteiger partial charge in [-0.1, -0.05) is 50.2 Å². The average Bonchev–Trinajstić information content (AvgIpc) is 2.81. The third kappa shape index (κ3) is 5.11. The second kappa shape index (κ2) is 9.98. The number of ketones is 1. The molecular formula is C29H33NO5. The highest BCUT2D eigenvalue weighted by Gasteiger charge is 2.43. The number of dihydropyridines is 1. The molecule has 0 unspecified atom stereocenters. The fraction of sp³-hybridized carbons (Fsp3) is 0.379. The van der Waals surface area contributed by atoms with Gasteiger partial charge in [-0.3, -0.25) is 4.79 Å². The summed E-state index contributed by atoms with van der Waals surface area (Å²) >= 11 is 0. The molecule has 35 heavy (non-hydrogen) atoms. The van der Waals surface area contributed by atoms with E-state index in [9.17, 15) is 9.59 Å². The number of ether oxygens (including phenoxy) is 3. The van der Waals surface area contributed by atoms with E-state index >= 15 is 0 Å². The number of nitrogens with one attached hydrogen (secondary N) is 1. The zero-order valence-electron chi connectivity index (χ0n) is 21.1. The van der Waals surface area contributed by atoms with E-state index in [0.29, 0.717) is 41.4 Å². The van der Waals surface area contributed by atoms with E-state index in [1.165, 1.54) is 0 Å². The van der Waals surface area contributed by atoms with E-state index in [0.717, 1.165) is 23.2 Å². The Kier molecular flexibility index (Phi) is 7.01. The number of benzene rings is 2. The summed E-state index contributed by atoms with van der Waals surface area (Å²) in [5.74, 6) is 0.222. The van der Waals surface area contributed by atoms with Crippen molar-refractivity contribution in [3.8, 4) is 11.5 Å². The minimum atomic E-state index is -0.543. The molecule has 0 saturated heterocycles. The zero-order chi connectivity index (χ0) is 25.2. The Morgan fingerprint density at radius 2 is 1.83 bits per heavy atom. The van der Waals surface area contributed by atoms with Gasteiger partial charge in [0, 0.05) is 29.3 Å². The number of carbonyl (C=O) groups is 2. The first-order chi connectivity index (χ1) is 16.7. The number of esters is 1. The Bertz CT molecular complexity index is 1190. The molecule has 184 valence electrons. The molecule has 1 heterocycles. The molecule has 0 radical (unpaired) electrons. The zero-order valence-corrected chi connectivity index (χ0v) is 21.1. The first-order valence-corrected chi connectivity index (χ1v) is 12.0. The van der Waals surface area contributed by atoms with Gasteiger partial charge in [-0.05, 0) is 48.9 Å². The summed E-state index contributed by atoms with van der Waals surface area (Å²) in [4.78, 5) is 26.6. The average molecular weight is 476 g/mol. The molecule has 1 N–H and O–H groups in total. The van der Waals surface area contributed by atoms with Crippen molar-refractivity contribution in [2.75, 3.05) is 13.7 Å². The van der Waals surface area contributed by atoms with E-state index in [2.05, 4.69) is 19.2 Å². The summed E-state index contributed by atoms with van der Waals surface area (Å²) in [6, 6.07) is 15.5. The Balaban J connectivity index is 1.80. The van der Waals surface area contributed by atoms with E-state index in [1.54, 1.807) is 14.0 Å². The van der Waals surface area contributed by atoms with Gasteiger partial charge in [0.25, 0.3) is 0 Å². The maximum Gasteiger partial charge on any atom is 0.336 e. The Morgan fingerprint density at radius 1 is 1.09 bits per heavy atom. The molecule has 4 rings (SSSR count). The molecular weight excluding hydrogens is 442 g/mol. The number of hydrogen-bond acceptors (Lipinski definition) is 6. The van der Waals surface area contributed by atoms with Crippen molar-refractivity contribution in [2.24, 2.45) is 5.41 Å². The molecule has 6 heteroatoms. The number of hydrogen-bond donors (Lipinski definition) is 1. The summed E-state index contributed by atoms with van der Waals surface area (Å²) in [6.45, 7) is 8.45. The van der Waals surface area contributed by atoms with E-state index < -0.39 is 11.9 Å². The smallest absolute Gasteiger partial charge is 0.336 e. The summed E-state index contributed by atoms with van der Waals surface area (Å²) in [7, 11) is 1.59. The number of Topliss-reactive ketones (excluding diaryl/α,β-unsaturated/α-hetero) is 1. The molecule has 0 fully saturated rings. The molecule has 2 aromatic rings. The Hall–Kier alpha value is -3.54. The van der Waals surface area contributed by atoms with Gasteiger partial charge in [-0.15, -0.1) is 0 Å². The molecule has 0 spiro atoms. The minimum absolute atomic E-state index is 0.0469. The van der Waals surface area contributed by atoms with Crippen LogP contribution in [0.2, 0.25) is 0 Å². The van der Waals surface area contributed by atoms with E-state index in [1.807, 2.05) is 55.5 Å². The lowest BCUT2D eigenvalue weighted by atomic mass is 9.68. The largest absolute Gasteiger partial charge is 0.493 e. The monoisotopic (exact) mass is 475 g/mol. The maximum absolute atomic E-state index is 13.5. The summed E-state index contributed by atoms with van der Waals surface area (Å²) in [6.07, 6.45) is 1.15. The standard InChI is InChI=1S/C29H33NO5/c1-6-34-28(32)25-18(2)30-21-15-29(3,4)16-22(31)27(21)26(25)20-12-13-23(33-5)24(14-20)35-17-19-10-8-7-9-11-19/h7-14,26,30H,6,15-17H2,1-5H3/t26-/m1/s1. The number of methoxy groups -OCH3 is 1. The molecule has 2 aromatic carbocycles. The lowest BCUT2D eigenvalue weighted by Crippen LogP contribution is -2.38. The lowest BCUT2D eigenvalue weighted by Gasteiger charge is -2.39. The second-order valence-corrected chi connectivity index (χ2v) is 9.83. The molecule has 2 aliphatic rings. The SMILES string of the molecule is CCOC(=O)C1=C(C)NC2=C(C(=O)CC(C)(C)C2)[C@@H]1c1ccc(OC)c(OCc2ccccc2)c1. The van der Waals surface area contributed by atoms with Gasteiger partial charge in [0.15, 0.2) is 17.3 Å². The number of carbonyl (C=O) groups excluding carboxylic acids is 2. The van der Waals surface area contributed by atoms with Crippen molar-refractivity contribution in [3.05, 3.63) is 82.2 Å². The van der Waals surface area contributed by atoms with Gasteiger partial charge in [0.2, 0.25) is 0 Å². The van der Waals surface area contributed by atoms with Crippen LogP contribution in [0.4, 0.5) is 0 Å². The molecule has 1 atom stereocenters. The maximum atomic E-state index is 13.5. The van der Waals surface area contributed by atoms with Crippen LogP contribution in [-0.4, -0.2) is 25.5 Å². The lowest BCUT2D eigenvalue weighted by molar-refractivity contribution is -0.138. The highest BCUT2D eigenvalue weighted by molar-refractivity contribution is 6.04. The van der Waals surface area contributed by atoms with Crippen molar-refractivity contribution in [3.63, 3.8) is 0 Å². The Labute approximate surface area is 207 Å². The van der Waals surface area contributed by atoms with Crippen LogP contribution < -0.4 is 14.8 Å². The van der Waals surface area contributed by atoms with Crippen LogP contribution in [0.3, 0.4) is 0 Å². The number of allylic oxidation sites excluding steroid dienone is 3. The van der Waals surface area contributed by atoms with Gasteiger partial charge in [0.05, 0.1) is 19.3 Å². The van der Waals surface area contributed by atoms with Crippen molar-refractivity contribution in [1.29, 1.82) is 0 Å². The van der Waals surface area contributed by atoms with Crippen molar-refractivity contribution < 1.29 is 23.8 Å². The normalized spacial score (nSPS) is 19.1. The first kappa shape index (κ1) is 24.6. The third-order valence-corrected chi connectivity index (χ3v) is 6.49. The molecule has 0 amide bonds. The fourth-order valence-corrected chi connectivity index (χ4v) is 4.97. The predicted molar refractivity (Wildman–Crippen MR) is 134 cm³/mol. The van der Waals surface area contributed by atoms with E-state index in [-0.39, 0.29) is 17.8 Å². The van der Waals surface area contributed by atoms with Crippen LogP contribution in [0, 0.1) is 5.41 Å². The number of rotatable bonds is 7. The van der Waals surface area contributed by atoms with Crippen molar-refractivity contribution in [2.45, 2.75) is 53.1 Å². The van der Waals surface area contributed by atoms with Gasteiger partial charge >= 0.3 is 5.97 Å². The van der Waals surface area contributed by atoms with Crippen LogP contribution >= 0.6 is 0 Å². The quantitative estimate of drug-likeness (QED) is 0.538. The summed E-state index contributed by atoms with van der Waals surface area (Å²) in [5.41, 5.74) is 4.34. The molecule has 6 nitrogen and oxygen atoms in total. The molecule has 0 aromatic heterocycles. The highest BCUT2D eigenvalue weighted by atomic mass is 16.5. The van der Waals surface area contributed by atoms with Crippen molar-refractivity contribution >= 4 is 11.8 Å². The van der Waals surface area contributed by atoms with Crippen LogP contribution in [0.1, 0.15) is 57.6 Å². The topological polar surface area (TPSA) is 73.9 Å². The van der Waals surface area contributed by atoms with E-state index in [4.69, 9.17) is 14.2 Å². The molecule has 0 bridgehead atoms. The van der Waals surface area contributed by atoms with Crippen LogP contribution in [0.25, 0.3) is 0 Å². The highest BCUT2D eigenvalue weighted by Crippen LogP contribution is 2.48. The summed E-state index contributed by atoms with van der Waals surface area (Å²) in [5, 5.41) is 3.36. The van der Waals surface area contributed by atoms with Crippen LogP contribution in [0.5, 0.6) is 11.5 Å². The molecule has 1 aliphatic carbocycles. The van der Waals surface area contributed by atoms with Crippen LogP contribution in [0.15, 0.2) is 71.1 Å². The predicted octanol–water partition coefficient (Wildman–Crippen LogP) is 5.44. The summed E-state index contributed by atoms with van der Waals surface area (Å²) < 4.78 is 17.1. The van der Waals surface area contributed by atoms with Gasteiger partial charge in [-0.2, -0.15) is 0 Å². The molecule has 1 aliphatic heterocycles. The van der Waals surface area contributed by atoms with Crippen molar-refractivity contribution in [1.82, 2.24) is 5.32 Å². The first-order valence-electron chi connectivity index (χ1n) is 12.0. The Morgan fingerprint density at radius 3 is 2.51 bits per heavy atom.